The van der Waals surface area contributed by atoms with Gasteiger partial charge in [0, 0.05) is 13.0 Å². The smallest absolute Gasteiger partial charge is 0.326 e. The van der Waals surface area contributed by atoms with Gasteiger partial charge < -0.3 is 21.5 Å². The molecular weight excluding hydrogens is 318 g/mol. The first-order valence-electron chi connectivity index (χ1n) is 6.06. The van der Waals surface area contributed by atoms with Gasteiger partial charge in [-0.15, -0.1) is 0 Å². The second kappa shape index (κ2) is 10.7. The Balaban J connectivity index is 3.96. The van der Waals surface area contributed by atoms with Crippen molar-refractivity contribution in [3.63, 3.8) is 0 Å². The third-order valence-electron chi connectivity index (χ3n) is 2.38. The fourth-order valence-corrected chi connectivity index (χ4v) is 1.58. The second-order valence-corrected chi connectivity index (χ2v) is 4.54. The molecule has 0 aliphatic carbocycles. The standard InChI is InChI=1S/C11H20BrN3O4/c12-7-10(17)14-6-4-9(16)15-8(11(18)19)3-1-2-5-13/h8H,1-7,13H2,(H,14,17)(H,15,16)(H,18,19)/t8-/m0/s1. The van der Waals surface area contributed by atoms with Crippen LogP contribution in [0.15, 0.2) is 0 Å². The lowest BCUT2D eigenvalue weighted by atomic mass is 10.1. The number of aliphatic carboxylic acids is 1. The Bertz CT molecular complexity index is 312. The lowest BCUT2D eigenvalue weighted by molar-refractivity contribution is -0.142. The first kappa shape index (κ1) is 17.8. The molecular formula is C11H20BrN3O4. The molecule has 5 N–H and O–H groups in total. The maximum Gasteiger partial charge on any atom is 0.326 e. The number of alkyl halides is 1. The summed E-state index contributed by atoms with van der Waals surface area (Å²) in [6, 6.07) is -0.897. The van der Waals surface area contributed by atoms with E-state index in [1.807, 2.05) is 0 Å². The first-order valence-corrected chi connectivity index (χ1v) is 7.18. The van der Waals surface area contributed by atoms with Crippen LogP contribution in [0.1, 0.15) is 25.7 Å². The number of nitrogens with two attached hydrogens (primary N) is 1. The Kier molecular flexibility index (Phi) is 10.1. The Morgan fingerprint density at radius 1 is 1.21 bits per heavy atom. The Morgan fingerprint density at radius 3 is 2.42 bits per heavy atom. The molecule has 0 rings (SSSR count). The summed E-state index contributed by atoms with van der Waals surface area (Å²) in [5, 5.41) is 14.1. The molecule has 0 aliphatic rings. The number of hydrogen-bond donors (Lipinski definition) is 4. The first-order chi connectivity index (χ1) is 9.01. The molecule has 0 radical (unpaired) electrons. The molecule has 0 aromatic heterocycles. The third kappa shape index (κ3) is 9.43. The van der Waals surface area contributed by atoms with Crippen molar-refractivity contribution in [1.82, 2.24) is 10.6 Å². The summed E-state index contributed by atoms with van der Waals surface area (Å²) in [5.41, 5.74) is 5.32. The summed E-state index contributed by atoms with van der Waals surface area (Å²) < 4.78 is 0. The average Bonchev–Trinajstić information content (AvgIpc) is 2.37. The van der Waals surface area contributed by atoms with Gasteiger partial charge in [0.25, 0.3) is 0 Å². The van der Waals surface area contributed by atoms with Crippen LogP contribution in [-0.4, -0.2) is 47.4 Å². The number of carbonyl (C=O) groups is 3. The Labute approximate surface area is 120 Å². The van der Waals surface area contributed by atoms with E-state index in [-0.39, 0.29) is 24.2 Å². The van der Waals surface area contributed by atoms with E-state index in [2.05, 4.69) is 26.6 Å². The maximum atomic E-state index is 11.5. The van der Waals surface area contributed by atoms with E-state index >= 15 is 0 Å². The van der Waals surface area contributed by atoms with Crippen molar-refractivity contribution < 1.29 is 19.5 Å². The minimum Gasteiger partial charge on any atom is -0.480 e. The zero-order valence-corrected chi connectivity index (χ0v) is 12.2. The lowest BCUT2D eigenvalue weighted by Crippen LogP contribution is -2.42. The van der Waals surface area contributed by atoms with Crippen molar-refractivity contribution in [1.29, 1.82) is 0 Å². The summed E-state index contributed by atoms with van der Waals surface area (Å²) in [7, 11) is 0. The van der Waals surface area contributed by atoms with E-state index in [9.17, 15) is 14.4 Å². The minimum atomic E-state index is -1.06. The van der Waals surface area contributed by atoms with E-state index in [4.69, 9.17) is 10.8 Å². The van der Waals surface area contributed by atoms with Crippen LogP contribution in [-0.2, 0) is 14.4 Å². The lowest BCUT2D eigenvalue weighted by Gasteiger charge is -2.14. The van der Waals surface area contributed by atoms with E-state index in [0.29, 0.717) is 19.4 Å². The number of rotatable bonds is 10. The monoisotopic (exact) mass is 337 g/mol. The highest BCUT2D eigenvalue weighted by Crippen LogP contribution is 2.01. The number of unbranched alkanes of at least 4 members (excludes halogenated alkanes) is 1. The molecule has 2 amide bonds. The number of halogens is 1. The number of carboxylic acids is 1. The highest BCUT2D eigenvalue weighted by atomic mass is 79.9. The van der Waals surface area contributed by atoms with Gasteiger partial charge in [-0.05, 0) is 25.8 Å². The van der Waals surface area contributed by atoms with Gasteiger partial charge in [0.05, 0.1) is 5.33 Å². The van der Waals surface area contributed by atoms with E-state index in [1.165, 1.54) is 0 Å². The van der Waals surface area contributed by atoms with Gasteiger partial charge in [-0.3, -0.25) is 9.59 Å². The van der Waals surface area contributed by atoms with Crippen LogP contribution in [0.4, 0.5) is 0 Å². The molecule has 110 valence electrons. The van der Waals surface area contributed by atoms with Gasteiger partial charge >= 0.3 is 5.97 Å². The maximum absolute atomic E-state index is 11.5. The van der Waals surface area contributed by atoms with Gasteiger partial charge in [-0.25, -0.2) is 4.79 Å². The summed E-state index contributed by atoms with van der Waals surface area (Å²) in [4.78, 5) is 33.3. The SMILES string of the molecule is NCCCC[C@H](NC(=O)CCNC(=O)CBr)C(=O)O. The number of amides is 2. The largest absolute Gasteiger partial charge is 0.480 e. The molecule has 0 saturated carbocycles. The van der Waals surface area contributed by atoms with Crippen LogP contribution in [0, 0.1) is 0 Å². The predicted molar refractivity (Wildman–Crippen MR) is 73.9 cm³/mol. The van der Waals surface area contributed by atoms with Crippen molar-refractivity contribution in [3.8, 4) is 0 Å². The molecule has 19 heavy (non-hydrogen) atoms. The molecule has 0 unspecified atom stereocenters. The van der Waals surface area contributed by atoms with Crippen molar-refractivity contribution in [2.24, 2.45) is 5.73 Å². The van der Waals surface area contributed by atoms with Crippen LogP contribution in [0.5, 0.6) is 0 Å². The van der Waals surface area contributed by atoms with Crippen molar-refractivity contribution in [2.75, 3.05) is 18.4 Å². The molecule has 0 fully saturated rings. The molecule has 8 heteroatoms. The van der Waals surface area contributed by atoms with Gasteiger partial charge in [0.15, 0.2) is 0 Å². The van der Waals surface area contributed by atoms with Gasteiger partial charge in [0.2, 0.25) is 11.8 Å². The Morgan fingerprint density at radius 2 is 1.89 bits per heavy atom. The van der Waals surface area contributed by atoms with Crippen LogP contribution in [0.25, 0.3) is 0 Å². The van der Waals surface area contributed by atoms with Gasteiger partial charge in [-0.2, -0.15) is 0 Å². The zero-order valence-electron chi connectivity index (χ0n) is 10.7. The highest BCUT2D eigenvalue weighted by molar-refractivity contribution is 9.09. The molecule has 7 nitrogen and oxygen atoms in total. The molecule has 0 heterocycles. The average molecular weight is 338 g/mol. The summed E-state index contributed by atoms with van der Waals surface area (Å²) in [6.45, 7) is 0.685. The fourth-order valence-electron chi connectivity index (χ4n) is 1.38. The molecule has 1 atom stereocenters. The topological polar surface area (TPSA) is 122 Å². The number of nitrogens with one attached hydrogen (secondary N) is 2. The van der Waals surface area contributed by atoms with Crippen LogP contribution < -0.4 is 16.4 Å². The van der Waals surface area contributed by atoms with Gasteiger partial charge in [0.1, 0.15) is 6.04 Å². The van der Waals surface area contributed by atoms with E-state index < -0.39 is 17.9 Å². The van der Waals surface area contributed by atoms with E-state index in [0.717, 1.165) is 6.42 Å². The molecule has 0 bridgehead atoms. The van der Waals surface area contributed by atoms with Crippen molar-refractivity contribution in [2.45, 2.75) is 31.7 Å². The summed E-state index contributed by atoms with van der Waals surface area (Å²) in [6.07, 6.45) is 1.78. The third-order valence-corrected chi connectivity index (χ3v) is 2.89. The van der Waals surface area contributed by atoms with Crippen LogP contribution in [0.2, 0.25) is 0 Å². The number of carboxylic acid groups (broad SMARTS) is 1. The van der Waals surface area contributed by atoms with Crippen LogP contribution in [0.3, 0.4) is 0 Å². The van der Waals surface area contributed by atoms with E-state index in [1.54, 1.807) is 0 Å². The highest BCUT2D eigenvalue weighted by Gasteiger charge is 2.18. The quantitative estimate of drug-likeness (QED) is 0.319. The fraction of sp³-hybridized carbons (Fsp3) is 0.727. The summed E-state index contributed by atoms with van der Waals surface area (Å²) >= 11 is 2.98. The van der Waals surface area contributed by atoms with Crippen LogP contribution >= 0.6 is 15.9 Å². The predicted octanol–water partition coefficient (Wildman–Crippen LogP) is -0.414. The second-order valence-electron chi connectivity index (χ2n) is 3.98. The molecule has 0 spiro atoms. The summed E-state index contributed by atoms with van der Waals surface area (Å²) in [5.74, 6) is -1.67. The number of carbonyl (C=O) groups excluding carboxylic acids is 2. The molecule has 0 aromatic rings. The molecule has 0 aromatic carbocycles. The normalized spacial score (nSPS) is 11.7. The van der Waals surface area contributed by atoms with Crippen molar-refractivity contribution >= 4 is 33.7 Å². The minimum absolute atomic E-state index is 0.0550. The van der Waals surface area contributed by atoms with Gasteiger partial charge in [-0.1, -0.05) is 15.9 Å². The molecule has 0 saturated heterocycles. The van der Waals surface area contributed by atoms with Crippen molar-refractivity contribution in [3.05, 3.63) is 0 Å². The number of hydrogen-bond acceptors (Lipinski definition) is 4. The zero-order chi connectivity index (χ0) is 14.7. The molecule has 0 aliphatic heterocycles. The Hall–Kier alpha value is -1.15.